The average molecular weight is 387 g/mol. The van der Waals surface area contributed by atoms with Gasteiger partial charge in [-0.15, -0.1) is 0 Å². The smallest absolute Gasteiger partial charge is 0.264 e. The van der Waals surface area contributed by atoms with E-state index >= 15 is 0 Å². The molecule has 3 rings (SSSR count). The van der Waals surface area contributed by atoms with Gasteiger partial charge in [0.2, 0.25) is 0 Å². The highest BCUT2D eigenvalue weighted by molar-refractivity contribution is 7.92. The van der Waals surface area contributed by atoms with E-state index in [0.29, 0.717) is 16.9 Å². The minimum absolute atomic E-state index is 0.331. The van der Waals surface area contributed by atoms with E-state index in [9.17, 15) is 8.42 Å². The lowest BCUT2D eigenvalue weighted by Gasteiger charge is -2.20. The van der Waals surface area contributed by atoms with Gasteiger partial charge in [0.1, 0.15) is 0 Å². The number of nitrogens with one attached hydrogen (secondary N) is 1. The Bertz CT molecular complexity index is 889. The number of benzene rings is 2. The average Bonchev–Trinajstić information content (AvgIpc) is 3.07. The van der Waals surface area contributed by atoms with Crippen molar-refractivity contribution in [2.45, 2.75) is 56.9 Å². The van der Waals surface area contributed by atoms with Crippen molar-refractivity contribution in [1.82, 2.24) is 5.32 Å². The van der Waals surface area contributed by atoms with E-state index in [1.807, 2.05) is 24.3 Å². The Labute approximate surface area is 163 Å². The van der Waals surface area contributed by atoms with Gasteiger partial charge in [-0.2, -0.15) is 0 Å². The summed E-state index contributed by atoms with van der Waals surface area (Å²) in [6, 6.07) is 13.7. The van der Waals surface area contributed by atoms with E-state index in [1.54, 1.807) is 19.2 Å². The minimum Gasteiger partial charge on any atom is -0.313 e. The van der Waals surface area contributed by atoms with Crippen LogP contribution in [0.5, 0.6) is 0 Å². The lowest BCUT2D eigenvalue weighted by atomic mass is 10.0. The van der Waals surface area contributed by atoms with Gasteiger partial charge >= 0.3 is 0 Å². The fourth-order valence-electron chi connectivity index (χ4n) is 3.61. The molecular formula is C22H30N2O2S. The van der Waals surface area contributed by atoms with Gasteiger partial charge < -0.3 is 5.32 Å². The molecule has 1 atom stereocenters. The molecule has 0 spiro atoms. The lowest BCUT2D eigenvalue weighted by Crippen LogP contribution is -2.30. The van der Waals surface area contributed by atoms with Crippen molar-refractivity contribution >= 4 is 15.7 Å². The zero-order chi connectivity index (χ0) is 19.6. The van der Waals surface area contributed by atoms with Crippen LogP contribution in [0.3, 0.4) is 0 Å². The molecule has 0 unspecified atom stereocenters. The number of nitrogens with zero attached hydrogens (tertiary/aromatic N) is 1. The molecule has 2 aromatic rings. The second kappa shape index (κ2) is 8.03. The lowest BCUT2D eigenvalue weighted by molar-refractivity contribution is 0.531. The Balaban J connectivity index is 1.81. The summed E-state index contributed by atoms with van der Waals surface area (Å²) in [5.41, 5.74) is 4.43. The van der Waals surface area contributed by atoms with Crippen LogP contribution in [0.25, 0.3) is 0 Å². The third-order valence-electron chi connectivity index (χ3n) is 5.37. The number of anilines is 1. The van der Waals surface area contributed by atoms with E-state index in [2.05, 4.69) is 32.2 Å². The van der Waals surface area contributed by atoms with Crippen LogP contribution < -0.4 is 9.62 Å². The molecule has 0 heterocycles. The Kier molecular flexibility index (Phi) is 5.92. The van der Waals surface area contributed by atoms with E-state index in [1.165, 1.54) is 15.4 Å². The maximum atomic E-state index is 13.0. The molecule has 1 aliphatic carbocycles. The first kappa shape index (κ1) is 19.9. The molecule has 2 aromatic carbocycles. The topological polar surface area (TPSA) is 49.4 Å². The molecule has 1 aliphatic rings. The van der Waals surface area contributed by atoms with Gasteiger partial charge in [0.05, 0.1) is 10.6 Å². The van der Waals surface area contributed by atoms with Gasteiger partial charge in [-0.3, -0.25) is 4.31 Å². The van der Waals surface area contributed by atoms with E-state index < -0.39 is 10.0 Å². The van der Waals surface area contributed by atoms with E-state index in [4.69, 9.17) is 0 Å². The first-order valence-electron chi connectivity index (χ1n) is 9.77. The van der Waals surface area contributed by atoms with Crippen LogP contribution in [-0.2, 0) is 22.9 Å². The first-order valence-corrected chi connectivity index (χ1v) is 11.2. The second-order valence-corrected chi connectivity index (χ2v) is 9.68. The van der Waals surface area contributed by atoms with Gasteiger partial charge in [-0.1, -0.05) is 39.0 Å². The molecule has 5 heteroatoms. The molecule has 0 fully saturated rings. The summed E-state index contributed by atoms with van der Waals surface area (Å²) in [7, 11) is -1.93. The van der Waals surface area contributed by atoms with Crippen LogP contribution in [-0.4, -0.2) is 28.1 Å². The Morgan fingerprint density at radius 1 is 1.07 bits per heavy atom. The Morgan fingerprint density at radius 3 is 2.37 bits per heavy atom. The van der Waals surface area contributed by atoms with E-state index in [-0.39, 0.29) is 0 Å². The highest BCUT2D eigenvalue weighted by Gasteiger charge is 2.25. The molecule has 0 saturated heterocycles. The molecule has 0 amide bonds. The maximum absolute atomic E-state index is 13.0. The quantitative estimate of drug-likeness (QED) is 0.779. The summed E-state index contributed by atoms with van der Waals surface area (Å²) in [4.78, 5) is 0.331. The number of hydrogen-bond donors (Lipinski definition) is 1. The third-order valence-corrected chi connectivity index (χ3v) is 7.17. The van der Waals surface area contributed by atoms with Crippen LogP contribution in [0.1, 0.15) is 49.8 Å². The fourth-order valence-corrected chi connectivity index (χ4v) is 4.80. The predicted octanol–water partition coefficient (Wildman–Crippen LogP) is 4.10. The Morgan fingerprint density at radius 2 is 1.74 bits per heavy atom. The molecule has 1 N–H and O–H groups in total. The van der Waals surface area contributed by atoms with Crippen molar-refractivity contribution in [1.29, 1.82) is 0 Å². The van der Waals surface area contributed by atoms with Crippen molar-refractivity contribution in [3.05, 3.63) is 59.2 Å². The molecule has 0 aromatic heterocycles. The highest BCUT2D eigenvalue weighted by atomic mass is 32.2. The maximum Gasteiger partial charge on any atom is 0.264 e. The Hall–Kier alpha value is -1.85. The van der Waals surface area contributed by atoms with Crippen LogP contribution in [0, 0.1) is 0 Å². The molecule has 0 saturated carbocycles. The monoisotopic (exact) mass is 386 g/mol. The molecule has 0 bridgehead atoms. The SMILES string of the molecule is CCCN[C@H]1Cc2ccc(N(C)S(=O)(=O)c3ccc(C(C)C)cc3)cc2C1. The molecular weight excluding hydrogens is 356 g/mol. The number of rotatable bonds is 7. The van der Waals surface area contributed by atoms with Gasteiger partial charge in [0.15, 0.2) is 0 Å². The summed E-state index contributed by atoms with van der Waals surface area (Å²) >= 11 is 0. The fraction of sp³-hybridized carbons (Fsp3) is 0.455. The van der Waals surface area contributed by atoms with Crippen molar-refractivity contribution in [2.75, 3.05) is 17.9 Å². The zero-order valence-corrected chi connectivity index (χ0v) is 17.5. The zero-order valence-electron chi connectivity index (χ0n) is 16.7. The summed E-state index contributed by atoms with van der Waals surface area (Å²) in [5, 5.41) is 3.57. The van der Waals surface area contributed by atoms with Crippen molar-refractivity contribution in [3.63, 3.8) is 0 Å². The summed E-state index contributed by atoms with van der Waals surface area (Å²) < 4.78 is 27.5. The van der Waals surface area contributed by atoms with Gasteiger partial charge in [0, 0.05) is 13.1 Å². The molecule has 0 aliphatic heterocycles. The number of hydrogen-bond acceptors (Lipinski definition) is 3. The second-order valence-electron chi connectivity index (χ2n) is 7.71. The van der Waals surface area contributed by atoms with Gasteiger partial charge in [-0.25, -0.2) is 8.42 Å². The summed E-state index contributed by atoms with van der Waals surface area (Å²) in [6.07, 6.45) is 3.09. The normalized spacial score (nSPS) is 16.6. The highest BCUT2D eigenvalue weighted by Crippen LogP contribution is 2.29. The van der Waals surface area contributed by atoms with E-state index in [0.717, 1.165) is 37.1 Å². The molecule has 146 valence electrons. The van der Waals surface area contributed by atoms with Crippen LogP contribution >= 0.6 is 0 Å². The summed E-state index contributed by atoms with van der Waals surface area (Å²) in [6.45, 7) is 7.39. The van der Waals surface area contributed by atoms with Gasteiger partial charge in [-0.05, 0) is 72.7 Å². The number of fused-ring (bicyclic) bond motifs is 1. The number of sulfonamides is 1. The van der Waals surface area contributed by atoms with Crippen LogP contribution in [0.4, 0.5) is 5.69 Å². The first-order chi connectivity index (χ1) is 12.8. The van der Waals surface area contributed by atoms with Crippen LogP contribution in [0.2, 0.25) is 0 Å². The predicted molar refractivity (Wildman–Crippen MR) is 112 cm³/mol. The van der Waals surface area contributed by atoms with Crippen molar-refractivity contribution in [3.8, 4) is 0 Å². The third kappa shape index (κ3) is 4.19. The van der Waals surface area contributed by atoms with Crippen LogP contribution in [0.15, 0.2) is 47.4 Å². The standard InChI is InChI=1S/C22H30N2O2S/c1-5-12-23-20-13-18-6-9-21(15-19(18)14-20)24(4)27(25,26)22-10-7-17(8-11-22)16(2)3/h6-11,15-16,20,23H,5,12-14H2,1-4H3/t20-/m0/s1. The van der Waals surface area contributed by atoms with Crippen molar-refractivity contribution < 1.29 is 8.42 Å². The summed E-state index contributed by atoms with van der Waals surface area (Å²) in [5.74, 6) is 0.380. The molecule has 4 nitrogen and oxygen atoms in total. The largest absolute Gasteiger partial charge is 0.313 e. The molecule has 0 radical (unpaired) electrons. The van der Waals surface area contributed by atoms with Crippen molar-refractivity contribution in [2.24, 2.45) is 0 Å². The van der Waals surface area contributed by atoms with Gasteiger partial charge in [0.25, 0.3) is 10.0 Å². The molecule has 27 heavy (non-hydrogen) atoms. The minimum atomic E-state index is -3.56.